The van der Waals surface area contributed by atoms with E-state index in [1.807, 2.05) is 19.1 Å². The molecule has 0 saturated carbocycles. The minimum atomic E-state index is -0.367. The molecule has 2 heterocycles. The van der Waals surface area contributed by atoms with Crippen LogP contribution in [-0.4, -0.2) is 20.3 Å². The first kappa shape index (κ1) is 13.0. The molecule has 3 aromatic rings. The Labute approximate surface area is 120 Å². The summed E-state index contributed by atoms with van der Waals surface area (Å²) in [7, 11) is 0. The molecule has 0 bridgehead atoms. The van der Waals surface area contributed by atoms with Gasteiger partial charge in [0.15, 0.2) is 0 Å². The van der Waals surface area contributed by atoms with Crippen LogP contribution in [0.3, 0.4) is 0 Å². The fraction of sp³-hybridized carbons (Fsp3) is 0.0667. The maximum absolute atomic E-state index is 12.2. The van der Waals surface area contributed by atoms with Crippen LogP contribution in [0.4, 0.5) is 5.69 Å². The average Bonchev–Trinajstić information content (AvgIpc) is 2.51. The molecule has 0 spiro atoms. The predicted molar refractivity (Wildman–Crippen MR) is 78.4 cm³/mol. The molecule has 1 N–H and O–H groups in total. The summed E-state index contributed by atoms with van der Waals surface area (Å²) in [5, 5.41) is 2.58. The number of carbonyl (C=O) groups is 1. The highest BCUT2D eigenvalue weighted by atomic mass is 16.2. The number of rotatable bonds is 2. The standard InChI is InChI=1S/C15H12N4O2/c1-10-3-5-11(6-4-10)13(20)18-12-9-17-15-16-7-2-8-19(15)14(12)21/h2-9H,1H3,(H,18,20). The van der Waals surface area contributed by atoms with E-state index in [2.05, 4.69) is 15.3 Å². The molecular weight excluding hydrogens is 268 g/mol. The van der Waals surface area contributed by atoms with E-state index in [-0.39, 0.29) is 22.9 Å². The van der Waals surface area contributed by atoms with Gasteiger partial charge < -0.3 is 5.32 Å². The van der Waals surface area contributed by atoms with Crippen LogP contribution in [0.15, 0.2) is 53.7 Å². The molecule has 0 aliphatic rings. The van der Waals surface area contributed by atoms with Crippen molar-refractivity contribution in [3.8, 4) is 0 Å². The van der Waals surface area contributed by atoms with E-state index in [1.165, 1.54) is 10.6 Å². The molecule has 0 fully saturated rings. The third-order valence-electron chi connectivity index (χ3n) is 3.05. The monoisotopic (exact) mass is 280 g/mol. The number of benzene rings is 1. The van der Waals surface area contributed by atoms with Gasteiger partial charge in [-0.1, -0.05) is 17.7 Å². The number of hydrogen-bond acceptors (Lipinski definition) is 4. The van der Waals surface area contributed by atoms with Crippen LogP contribution in [0.25, 0.3) is 5.78 Å². The van der Waals surface area contributed by atoms with Crippen LogP contribution in [0.1, 0.15) is 15.9 Å². The van der Waals surface area contributed by atoms with Gasteiger partial charge in [0.1, 0.15) is 5.69 Å². The quantitative estimate of drug-likeness (QED) is 0.774. The second-order valence-electron chi connectivity index (χ2n) is 4.59. The van der Waals surface area contributed by atoms with Gasteiger partial charge in [-0.05, 0) is 25.1 Å². The molecule has 104 valence electrons. The summed E-state index contributed by atoms with van der Waals surface area (Å²) in [6, 6.07) is 8.72. The Bertz CT molecular complexity index is 869. The van der Waals surface area contributed by atoms with Crippen LogP contribution in [0.2, 0.25) is 0 Å². The second-order valence-corrected chi connectivity index (χ2v) is 4.59. The molecule has 1 amide bonds. The first-order chi connectivity index (χ1) is 10.1. The van der Waals surface area contributed by atoms with Crippen molar-refractivity contribution in [3.05, 3.63) is 70.4 Å². The van der Waals surface area contributed by atoms with Crippen LogP contribution in [-0.2, 0) is 0 Å². The van der Waals surface area contributed by atoms with E-state index in [0.717, 1.165) is 5.56 Å². The topological polar surface area (TPSA) is 76.4 Å². The minimum absolute atomic E-state index is 0.117. The number of anilines is 1. The van der Waals surface area contributed by atoms with Gasteiger partial charge in [0.05, 0.1) is 6.20 Å². The summed E-state index contributed by atoms with van der Waals surface area (Å²) in [6.45, 7) is 1.94. The van der Waals surface area contributed by atoms with Crippen molar-refractivity contribution >= 4 is 17.4 Å². The molecule has 0 atom stereocenters. The van der Waals surface area contributed by atoms with Crippen molar-refractivity contribution in [2.75, 3.05) is 5.32 Å². The molecule has 3 rings (SSSR count). The van der Waals surface area contributed by atoms with Crippen molar-refractivity contribution in [1.82, 2.24) is 14.4 Å². The number of nitrogens with one attached hydrogen (secondary N) is 1. The summed E-state index contributed by atoms with van der Waals surface area (Å²) in [4.78, 5) is 32.3. The minimum Gasteiger partial charge on any atom is -0.316 e. The zero-order valence-electron chi connectivity index (χ0n) is 11.3. The molecule has 0 aliphatic carbocycles. The smallest absolute Gasteiger partial charge is 0.282 e. The van der Waals surface area contributed by atoms with Crippen molar-refractivity contribution in [2.45, 2.75) is 6.92 Å². The van der Waals surface area contributed by atoms with Gasteiger partial charge in [-0.2, -0.15) is 0 Å². The van der Waals surface area contributed by atoms with Crippen LogP contribution < -0.4 is 10.9 Å². The summed E-state index contributed by atoms with van der Waals surface area (Å²) < 4.78 is 1.28. The van der Waals surface area contributed by atoms with E-state index in [0.29, 0.717) is 5.56 Å². The van der Waals surface area contributed by atoms with Gasteiger partial charge in [-0.25, -0.2) is 9.97 Å². The first-order valence-corrected chi connectivity index (χ1v) is 6.35. The highest BCUT2D eigenvalue weighted by molar-refractivity contribution is 6.04. The highest BCUT2D eigenvalue weighted by Crippen LogP contribution is 2.06. The summed E-state index contributed by atoms with van der Waals surface area (Å²) >= 11 is 0. The van der Waals surface area contributed by atoms with Gasteiger partial charge in [0, 0.05) is 18.0 Å². The Morgan fingerprint density at radius 1 is 1.19 bits per heavy atom. The molecule has 0 saturated heterocycles. The lowest BCUT2D eigenvalue weighted by molar-refractivity contribution is 0.102. The number of nitrogens with zero attached hydrogens (tertiary/aromatic N) is 3. The molecule has 21 heavy (non-hydrogen) atoms. The Kier molecular flexibility index (Phi) is 3.19. The Morgan fingerprint density at radius 3 is 2.71 bits per heavy atom. The van der Waals surface area contributed by atoms with Crippen molar-refractivity contribution in [1.29, 1.82) is 0 Å². The Morgan fingerprint density at radius 2 is 1.95 bits per heavy atom. The number of hydrogen-bond donors (Lipinski definition) is 1. The van der Waals surface area contributed by atoms with Crippen molar-refractivity contribution < 1.29 is 4.79 Å². The lowest BCUT2D eigenvalue weighted by Gasteiger charge is -2.06. The second kappa shape index (κ2) is 5.16. The zero-order valence-corrected chi connectivity index (χ0v) is 11.3. The number of aromatic nitrogens is 3. The number of carbonyl (C=O) groups excluding carboxylic acids is 1. The van der Waals surface area contributed by atoms with Gasteiger partial charge in [0.2, 0.25) is 5.78 Å². The fourth-order valence-electron chi connectivity index (χ4n) is 1.91. The van der Waals surface area contributed by atoms with Gasteiger partial charge in [-0.15, -0.1) is 0 Å². The average molecular weight is 280 g/mol. The van der Waals surface area contributed by atoms with Crippen molar-refractivity contribution in [2.24, 2.45) is 0 Å². The molecule has 0 unspecified atom stereocenters. The highest BCUT2D eigenvalue weighted by Gasteiger charge is 2.10. The lowest BCUT2D eigenvalue weighted by atomic mass is 10.1. The summed E-state index contributed by atoms with van der Waals surface area (Å²) in [5.74, 6) is -0.0615. The largest absolute Gasteiger partial charge is 0.316 e. The van der Waals surface area contributed by atoms with E-state index in [4.69, 9.17) is 0 Å². The first-order valence-electron chi connectivity index (χ1n) is 6.35. The molecule has 0 radical (unpaired) electrons. The lowest BCUT2D eigenvalue weighted by Crippen LogP contribution is -2.23. The summed E-state index contributed by atoms with van der Waals surface area (Å²) in [5.41, 5.74) is 1.29. The Hall–Kier alpha value is -3.02. The molecule has 2 aromatic heterocycles. The third-order valence-corrected chi connectivity index (χ3v) is 3.05. The third kappa shape index (κ3) is 2.51. The molecule has 6 nitrogen and oxygen atoms in total. The molecule has 1 aromatic carbocycles. The van der Waals surface area contributed by atoms with Gasteiger partial charge in [0.25, 0.3) is 11.5 Å². The van der Waals surface area contributed by atoms with Crippen LogP contribution >= 0.6 is 0 Å². The number of aryl methyl sites for hydroxylation is 1. The maximum atomic E-state index is 12.2. The Balaban J connectivity index is 1.95. The van der Waals surface area contributed by atoms with Crippen LogP contribution in [0.5, 0.6) is 0 Å². The maximum Gasteiger partial charge on any atom is 0.282 e. The van der Waals surface area contributed by atoms with E-state index >= 15 is 0 Å². The van der Waals surface area contributed by atoms with E-state index < -0.39 is 0 Å². The normalized spacial score (nSPS) is 10.5. The van der Waals surface area contributed by atoms with Crippen molar-refractivity contribution in [3.63, 3.8) is 0 Å². The van der Waals surface area contributed by atoms with E-state index in [9.17, 15) is 9.59 Å². The molecular formula is C15H12N4O2. The zero-order chi connectivity index (χ0) is 14.8. The predicted octanol–water partition coefficient (Wildman–Crippen LogP) is 1.65. The SMILES string of the molecule is Cc1ccc(C(=O)Nc2cnc3ncccn3c2=O)cc1. The number of fused-ring (bicyclic) bond motifs is 1. The number of amides is 1. The summed E-state index contributed by atoms with van der Waals surface area (Å²) in [6.07, 6.45) is 4.42. The molecule has 0 aliphatic heterocycles. The van der Waals surface area contributed by atoms with Crippen LogP contribution in [0, 0.1) is 6.92 Å². The van der Waals surface area contributed by atoms with E-state index in [1.54, 1.807) is 30.6 Å². The van der Waals surface area contributed by atoms with Gasteiger partial charge in [-0.3, -0.25) is 14.0 Å². The fourth-order valence-corrected chi connectivity index (χ4v) is 1.91. The van der Waals surface area contributed by atoms with Gasteiger partial charge >= 0.3 is 0 Å². The molecule has 6 heteroatoms.